The molecule has 0 atom stereocenters. The van der Waals surface area contributed by atoms with E-state index >= 15 is 0 Å². The molecular weight excluding hydrogens is 306 g/mol. The maximum atomic E-state index is 12.1. The van der Waals surface area contributed by atoms with Gasteiger partial charge in [-0.2, -0.15) is 0 Å². The lowest BCUT2D eigenvalue weighted by Crippen LogP contribution is -2.16. The molecule has 1 aromatic rings. The highest BCUT2D eigenvalue weighted by molar-refractivity contribution is 6.01. The summed E-state index contributed by atoms with van der Waals surface area (Å²) < 4.78 is 5.08. The van der Waals surface area contributed by atoms with Crippen LogP contribution in [-0.2, 0) is 4.84 Å². The van der Waals surface area contributed by atoms with Crippen LogP contribution in [0.5, 0.6) is 5.75 Å². The van der Waals surface area contributed by atoms with Gasteiger partial charge >= 0.3 is 5.63 Å². The molecule has 5 nitrogen and oxygen atoms in total. The Morgan fingerprint density at radius 3 is 2.58 bits per heavy atom. The van der Waals surface area contributed by atoms with Crippen molar-refractivity contribution in [2.75, 3.05) is 6.61 Å². The molecule has 1 aromatic heterocycles. The maximum absolute atomic E-state index is 12.1. The van der Waals surface area contributed by atoms with E-state index in [4.69, 9.17) is 9.25 Å². The Labute approximate surface area is 144 Å². The molecule has 0 aliphatic carbocycles. The Bertz CT molecular complexity index is 590. The predicted molar refractivity (Wildman–Crippen MR) is 96.7 cm³/mol. The minimum Gasteiger partial charge on any atom is -0.507 e. The van der Waals surface area contributed by atoms with Gasteiger partial charge in [0.05, 0.1) is 5.71 Å². The molecule has 134 valence electrons. The van der Waals surface area contributed by atoms with Crippen LogP contribution in [-0.4, -0.2) is 17.4 Å². The van der Waals surface area contributed by atoms with Gasteiger partial charge in [-0.05, 0) is 19.8 Å². The van der Waals surface area contributed by atoms with E-state index in [9.17, 15) is 9.90 Å². The van der Waals surface area contributed by atoms with Gasteiger partial charge in [-0.3, -0.25) is 0 Å². The van der Waals surface area contributed by atoms with Gasteiger partial charge in [0.15, 0.2) is 0 Å². The Kier molecular flexibility index (Phi) is 9.58. The number of aryl methyl sites for hydroxylation is 1. The van der Waals surface area contributed by atoms with Crippen molar-refractivity contribution in [3.8, 4) is 5.75 Å². The first-order valence-electron chi connectivity index (χ1n) is 8.74. The number of unbranched alkanes of at least 4 members (excludes halogenated alkanes) is 6. The molecule has 0 amide bonds. The molecule has 5 heteroatoms. The predicted octanol–water partition coefficient (Wildman–Crippen LogP) is 4.70. The quantitative estimate of drug-likeness (QED) is 0.260. The van der Waals surface area contributed by atoms with Crippen molar-refractivity contribution in [3.05, 3.63) is 40.5 Å². The van der Waals surface area contributed by atoms with Gasteiger partial charge in [0.1, 0.15) is 23.7 Å². The number of nitrogens with zero attached hydrogens (tertiary/aromatic N) is 1. The minimum atomic E-state index is -0.587. The lowest BCUT2D eigenvalue weighted by Gasteiger charge is -2.08. The van der Waals surface area contributed by atoms with Gasteiger partial charge in [0.25, 0.3) is 0 Å². The van der Waals surface area contributed by atoms with Crippen molar-refractivity contribution in [1.29, 1.82) is 0 Å². The van der Waals surface area contributed by atoms with Crippen LogP contribution in [0.2, 0.25) is 0 Å². The molecule has 0 saturated carbocycles. The van der Waals surface area contributed by atoms with Gasteiger partial charge < -0.3 is 14.4 Å². The summed E-state index contributed by atoms with van der Waals surface area (Å²) >= 11 is 0. The van der Waals surface area contributed by atoms with Crippen LogP contribution in [0.1, 0.15) is 69.6 Å². The summed E-state index contributed by atoms with van der Waals surface area (Å²) in [6.07, 6.45) is 10.2. The molecule has 0 aliphatic heterocycles. The van der Waals surface area contributed by atoms with Crippen molar-refractivity contribution in [3.63, 3.8) is 0 Å². The van der Waals surface area contributed by atoms with Crippen LogP contribution in [0.3, 0.4) is 0 Å². The van der Waals surface area contributed by atoms with Crippen LogP contribution < -0.4 is 5.63 Å². The highest BCUT2D eigenvalue weighted by Gasteiger charge is 2.17. The first kappa shape index (κ1) is 20.0. The largest absolute Gasteiger partial charge is 0.507 e. The van der Waals surface area contributed by atoms with E-state index in [1.807, 2.05) is 0 Å². The smallest absolute Gasteiger partial charge is 0.349 e. The SMILES string of the molecule is C=CCON=C(CCCCCCCCC)c1c(O)cc(C)oc1=O. The highest BCUT2D eigenvalue weighted by Crippen LogP contribution is 2.19. The Morgan fingerprint density at radius 2 is 1.96 bits per heavy atom. The molecule has 1 rings (SSSR count). The summed E-state index contributed by atoms with van der Waals surface area (Å²) in [6, 6.07) is 1.42. The molecule has 0 fully saturated rings. The lowest BCUT2D eigenvalue weighted by atomic mass is 10.0. The van der Waals surface area contributed by atoms with Crippen molar-refractivity contribution < 1.29 is 14.4 Å². The molecule has 0 saturated heterocycles. The number of aromatic hydroxyl groups is 1. The van der Waals surface area contributed by atoms with E-state index in [0.29, 0.717) is 17.9 Å². The molecule has 0 radical (unpaired) electrons. The number of oxime groups is 1. The van der Waals surface area contributed by atoms with Gasteiger partial charge in [-0.1, -0.05) is 63.3 Å². The zero-order valence-corrected chi connectivity index (χ0v) is 14.8. The number of rotatable bonds is 12. The molecule has 1 N–H and O–H groups in total. The van der Waals surface area contributed by atoms with Crippen LogP contribution in [0.4, 0.5) is 0 Å². The minimum absolute atomic E-state index is 0.0932. The summed E-state index contributed by atoms with van der Waals surface area (Å²) in [4.78, 5) is 17.2. The van der Waals surface area contributed by atoms with E-state index in [2.05, 4.69) is 18.7 Å². The first-order chi connectivity index (χ1) is 11.6. The van der Waals surface area contributed by atoms with E-state index in [-0.39, 0.29) is 17.9 Å². The summed E-state index contributed by atoms with van der Waals surface area (Å²) in [5.41, 5.74) is -0.0660. The van der Waals surface area contributed by atoms with E-state index in [1.54, 1.807) is 13.0 Å². The number of hydrogen-bond donors (Lipinski definition) is 1. The number of hydrogen-bond acceptors (Lipinski definition) is 5. The van der Waals surface area contributed by atoms with Gasteiger partial charge in [-0.25, -0.2) is 4.79 Å². The molecule has 0 unspecified atom stereocenters. The fraction of sp³-hybridized carbons (Fsp3) is 0.579. The molecule has 24 heavy (non-hydrogen) atoms. The zero-order chi connectivity index (χ0) is 17.8. The second-order valence-electron chi connectivity index (χ2n) is 5.90. The molecular formula is C19H29NO4. The fourth-order valence-corrected chi connectivity index (χ4v) is 2.50. The summed E-state index contributed by atoms with van der Waals surface area (Å²) in [6.45, 7) is 7.63. The van der Waals surface area contributed by atoms with Crippen molar-refractivity contribution in [2.45, 2.75) is 65.2 Å². The third-order valence-corrected chi connectivity index (χ3v) is 3.73. The summed E-state index contributed by atoms with van der Waals surface area (Å²) in [5.74, 6) is 0.246. The topological polar surface area (TPSA) is 72.0 Å². The average molecular weight is 335 g/mol. The molecule has 0 spiro atoms. The zero-order valence-electron chi connectivity index (χ0n) is 14.8. The van der Waals surface area contributed by atoms with E-state index < -0.39 is 5.63 Å². The van der Waals surface area contributed by atoms with Crippen LogP contribution >= 0.6 is 0 Å². The van der Waals surface area contributed by atoms with Crippen LogP contribution in [0.25, 0.3) is 0 Å². The molecule has 1 heterocycles. The van der Waals surface area contributed by atoms with Gasteiger partial charge in [-0.15, -0.1) is 0 Å². The van der Waals surface area contributed by atoms with Gasteiger partial charge in [0.2, 0.25) is 0 Å². The van der Waals surface area contributed by atoms with Crippen molar-refractivity contribution in [1.82, 2.24) is 0 Å². The summed E-state index contributed by atoms with van der Waals surface area (Å²) in [7, 11) is 0. The Hall–Kier alpha value is -2.04. The normalized spacial score (nSPS) is 11.5. The third-order valence-electron chi connectivity index (χ3n) is 3.73. The van der Waals surface area contributed by atoms with E-state index in [1.165, 1.54) is 31.7 Å². The molecule has 0 aliphatic rings. The monoisotopic (exact) mass is 335 g/mol. The van der Waals surface area contributed by atoms with E-state index in [0.717, 1.165) is 19.3 Å². The van der Waals surface area contributed by atoms with Crippen molar-refractivity contribution >= 4 is 5.71 Å². The Morgan fingerprint density at radius 1 is 1.29 bits per heavy atom. The third kappa shape index (κ3) is 7.02. The molecule has 0 bridgehead atoms. The lowest BCUT2D eigenvalue weighted by molar-refractivity contribution is 0.174. The average Bonchev–Trinajstić information content (AvgIpc) is 2.52. The first-order valence-corrected chi connectivity index (χ1v) is 8.74. The standard InChI is InChI=1S/C19H29NO4/c1-4-6-7-8-9-10-11-12-16(20-23-13-5-2)18-17(21)14-15(3)24-19(18)22/h5,14,21H,2,4,6-13H2,1,3H3. The molecule has 0 aromatic carbocycles. The maximum Gasteiger partial charge on any atom is 0.349 e. The van der Waals surface area contributed by atoms with Crippen LogP contribution in [0, 0.1) is 6.92 Å². The highest BCUT2D eigenvalue weighted by atomic mass is 16.6. The second kappa shape index (κ2) is 11.5. The summed E-state index contributed by atoms with van der Waals surface area (Å²) in [5, 5.41) is 14.1. The van der Waals surface area contributed by atoms with Crippen molar-refractivity contribution in [2.24, 2.45) is 5.16 Å². The van der Waals surface area contributed by atoms with Gasteiger partial charge in [0, 0.05) is 6.07 Å². The second-order valence-corrected chi connectivity index (χ2v) is 5.90. The van der Waals surface area contributed by atoms with Crippen LogP contribution in [0.15, 0.2) is 33.1 Å². The fourth-order valence-electron chi connectivity index (χ4n) is 2.50. The Balaban J connectivity index is 2.70.